The summed E-state index contributed by atoms with van der Waals surface area (Å²) in [6.07, 6.45) is -4.92. The summed E-state index contributed by atoms with van der Waals surface area (Å²) in [5.41, 5.74) is -2.61. The molecule has 1 amide bonds. The van der Waals surface area contributed by atoms with E-state index in [2.05, 4.69) is 26.0 Å². The number of hydrogen-bond acceptors (Lipinski definition) is 5. The molecule has 0 aliphatic carbocycles. The van der Waals surface area contributed by atoms with Gasteiger partial charge in [0, 0.05) is 17.1 Å². The number of methoxy groups -OCH3 is 1. The van der Waals surface area contributed by atoms with E-state index in [9.17, 15) is 31.2 Å². The number of carbonyl (C=O) groups excluding carboxylic acids is 2. The Morgan fingerprint density at radius 3 is 2.31 bits per heavy atom. The van der Waals surface area contributed by atoms with E-state index in [1.54, 1.807) is 0 Å². The summed E-state index contributed by atoms with van der Waals surface area (Å²) in [4.78, 5) is 22.4. The van der Waals surface area contributed by atoms with E-state index < -0.39 is 44.2 Å². The van der Waals surface area contributed by atoms with Crippen molar-refractivity contribution < 1.29 is 35.9 Å². The van der Waals surface area contributed by atoms with Crippen LogP contribution in [-0.2, 0) is 25.7 Å². The van der Waals surface area contributed by atoms with Gasteiger partial charge < -0.3 is 10.1 Å². The Morgan fingerprint density at radius 1 is 1.10 bits per heavy atom. The number of rotatable bonds is 5. The number of amides is 1. The van der Waals surface area contributed by atoms with E-state index in [-0.39, 0.29) is 11.3 Å². The van der Waals surface area contributed by atoms with Gasteiger partial charge in [-0.1, -0.05) is 15.9 Å². The highest BCUT2D eigenvalue weighted by Gasteiger charge is 2.35. The van der Waals surface area contributed by atoms with E-state index in [4.69, 9.17) is 0 Å². The third-order valence-electron chi connectivity index (χ3n) is 3.53. The Bertz CT molecular complexity index is 1070. The van der Waals surface area contributed by atoms with Gasteiger partial charge in [-0.15, -0.1) is 0 Å². The van der Waals surface area contributed by atoms with Crippen LogP contribution in [0.2, 0.25) is 0 Å². The number of halogens is 4. The third-order valence-corrected chi connectivity index (χ3v) is 5.44. The van der Waals surface area contributed by atoms with E-state index in [0.717, 1.165) is 32.2 Å². The molecule has 2 N–H and O–H groups in total. The minimum atomic E-state index is -4.92. The van der Waals surface area contributed by atoms with Gasteiger partial charge >= 0.3 is 12.1 Å². The Morgan fingerprint density at radius 2 is 1.76 bits per heavy atom. The van der Waals surface area contributed by atoms with Crippen LogP contribution in [0.15, 0.2) is 45.8 Å². The first-order chi connectivity index (χ1) is 13.3. The largest absolute Gasteiger partial charge is 0.465 e. The number of benzene rings is 2. The van der Waals surface area contributed by atoms with Crippen molar-refractivity contribution in [3.8, 4) is 0 Å². The number of ether oxygens (including phenoxy) is 1. The summed E-state index contributed by atoms with van der Waals surface area (Å²) < 4.78 is 72.5. The summed E-state index contributed by atoms with van der Waals surface area (Å²) in [7, 11) is -3.56. The van der Waals surface area contributed by atoms with Gasteiger partial charge in [-0.3, -0.25) is 9.52 Å². The van der Waals surface area contributed by atoms with Crippen molar-refractivity contribution in [3.05, 3.63) is 52.0 Å². The van der Waals surface area contributed by atoms with Gasteiger partial charge in [0.2, 0.25) is 5.91 Å². The molecule has 0 unspecified atom stereocenters. The van der Waals surface area contributed by atoms with Gasteiger partial charge in [0.1, 0.15) is 4.90 Å². The van der Waals surface area contributed by atoms with E-state index in [1.807, 2.05) is 4.72 Å². The zero-order valence-corrected chi connectivity index (χ0v) is 17.3. The topological polar surface area (TPSA) is 102 Å². The lowest BCUT2D eigenvalue weighted by atomic mass is 10.1. The number of anilines is 2. The first kappa shape index (κ1) is 22.7. The quantitative estimate of drug-likeness (QED) is 0.611. The molecule has 2 rings (SSSR count). The summed E-state index contributed by atoms with van der Waals surface area (Å²) in [6.45, 7) is 1.12. The number of carbonyl (C=O) groups is 2. The molecule has 0 aliphatic heterocycles. The van der Waals surface area contributed by atoms with E-state index >= 15 is 0 Å². The highest BCUT2D eigenvalue weighted by molar-refractivity contribution is 9.10. The minimum absolute atomic E-state index is 0.160. The first-order valence-electron chi connectivity index (χ1n) is 7.74. The predicted molar refractivity (Wildman–Crippen MR) is 102 cm³/mol. The third kappa shape index (κ3) is 5.48. The molecule has 2 aromatic carbocycles. The number of alkyl halides is 3. The fraction of sp³-hybridized carbons (Fsp3) is 0.176. The van der Waals surface area contributed by atoms with Crippen LogP contribution in [0.1, 0.15) is 22.8 Å². The van der Waals surface area contributed by atoms with Crippen LogP contribution in [0, 0.1) is 0 Å². The number of hydrogen-bond donors (Lipinski definition) is 2. The molecular formula is C17H14BrF3N2O5S. The summed E-state index contributed by atoms with van der Waals surface area (Å²) in [6, 6.07) is 6.11. The fourth-order valence-electron chi connectivity index (χ4n) is 2.35. The van der Waals surface area contributed by atoms with E-state index in [0.29, 0.717) is 10.5 Å². The monoisotopic (exact) mass is 494 g/mol. The van der Waals surface area contributed by atoms with Gasteiger partial charge in [-0.05, 0) is 36.4 Å². The van der Waals surface area contributed by atoms with Gasteiger partial charge in [0.15, 0.2) is 0 Å². The molecule has 0 radical (unpaired) electrons. The molecular weight excluding hydrogens is 481 g/mol. The Hall–Kier alpha value is -2.60. The van der Waals surface area contributed by atoms with Crippen LogP contribution in [0.4, 0.5) is 24.5 Å². The lowest BCUT2D eigenvalue weighted by molar-refractivity contribution is -0.136. The van der Waals surface area contributed by atoms with Crippen molar-refractivity contribution >= 4 is 49.2 Å². The molecule has 0 bridgehead atoms. The molecule has 0 aliphatic rings. The SMILES string of the molecule is COC(=O)c1cc(Br)ccc1S(=O)(=O)Nc1ccc(NC(C)=O)cc1C(F)(F)F. The van der Waals surface area contributed by atoms with Crippen molar-refractivity contribution in [1.82, 2.24) is 0 Å². The van der Waals surface area contributed by atoms with Crippen molar-refractivity contribution in [1.29, 1.82) is 0 Å². The van der Waals surface area contributed by atoms with Gasteiger partial charge in [-0.25, -0.2) is 13.2 Å². The molecule has 0 aromatic heterocycles. The molecule has 0 spiro atoms. The summed E-state index contributed by atoms with van der Waals surface area (Å²) in [5, 5.41) is 2.19. The standard InChI is InChI=1S/C17H14BrF3N2O5S/c1-9(24)22-11-4-5-14(13(8-11)17(19,20)21)23-29(26,27)15-6-3-10(18)7-12(15)16(25)28-2/h3-8,23H,1-2H3,(H,22,24). The van der Waals surface area contributed by atoms with Crippen LogP contribution < -0.4 is 10.0 Å². The molecule has 156 valence electrons. The Kier molecular flexibility index (Phi) is 6.58. The van der Waals surface area contributed by atoms with Crippen LogP contribution in [0.3, 0.4) is 0 Å². The van der Waals surface area contributed by atoms with Gasteiger partial charge in [0.25, 0.3) is 10.0 Å². The molecule has 0 heterocycles. The molecule has 0 atom stereocenters. The molecule has 0 saturated heterocycles. The second-order valence-electron chi connectivity index (χ2n) is 5.68. The van der Waals surface area contributed by atoms with Crippen LogP contribution >= 0.6 is 15.9 Å². The zero-order chi connectivity index (χ0) is 22.0. The smallest absolute Gasteiger partial charge is 0.418 e. The fourth-order valence-corrected chi connectivity index (χ4v) is 3.97. The maximum atomic E-state index is 13.4. The highest BCUT2D eigenvalue weighted by atomic mass is 79.9. The van der Waals surface area contributed by atoms with Crippen molar-refractivity contribution in [2.24, 2.45) is 0 Å². The second-order valence-corrected chi connectivity index (χ2v) is 8.24. The molecule has 0 saturated carbocycles. The van der Waals surface area contributed by atoms with E-state index in [1.165, 1.54) is 12.1 Å². The van der Waals surface area contributed by atoms with Crippen molar-refractivity contribution in [2.45, 2.75) is 18.0 Å². The Balaban J connectivity index is 2.56. The number of esters is 1. The molecule has 0 fully saturated rings. The molecule has 7 nitrogen and oxygen atoms in total. The van der Waals surface area contributed by atoms with Crippen LogP contribution in [-0.4, -0.2) is 27.4 Å². The average Bonchev–Trinajstić information content (AvgIpc) is 2.60. The maximum Gasteiger partial charge on any atom is 0.418 e. The highest BCUT2D eigenvalue weighted by Crippen LogP contribution is 2.37. The van der Waals surface area contributed by atoms with Crippen molar-refractivity contribution in [3.63, 3.8) is 0 Å². The summed E-state index contributed by atoms with van der Waals surface area (Å²) in [5.74, 6) is -1.58. The lowest BCUT2D eigenvalue weighted by Crippen LogP contribution is -2.20. The van der Waals surface area contributed by atoms with Gasteiger partial charge in [-0.2, -0.15) is 13.2 Å². The zero-order valence-electron chi connectivity index (χ0n) is 14.9. The first-order valence-corrected chi connectivity index (χ1v) is 10.0. The molecule has 2 aromatic rings. The molecule has 29 heavy (non-hydrogen) atoms. The minimum Gasteiger partial charge on any atom is -0.465 e. The van der Waals surface area contributed by atoms with Gasteiger partial charge in [0.05, 0.1) is 23.9 Å². The lowest BCUT2D eigenvalue weighted by Gasteiger charge is -2.17. The average molecular weight is 495 g/mol. The summed E-state index contributed by atoms with van der Waals surface area (Å²) >= 11 is 3.09. The predicted octanol–water partition coefficient (Wildman–Crippen LogP) is 4.01. The molecule has 12 heteroatoms. The Labute approximate surface area is 172 Å². The maximum absolute atomic E-state index is 13.4. The second kappa shape index (κ2) is 8.41. The number of nitrogens with one attached hydrogen (secondary N) is 2. The van der Waals surface area contributed by atoms with Crippen molar-refractivity contribution in [2.75, 3.05) is 17.1 Å². The number of sulfonamides is 1. The van der Waals surface area contributed by atoms with Crippen LogP contribution in [0.5, 0.6) is 0 Å². The van der Waals surface area contributed by atoms with Crippen LogP contribution in [0.25, 0.3) is 0 Å². The normalized spacial score (nSPS) is 11.7.